The molecule has 0 saturated heterocycles. The molecule has 0 aromatic heterocycles. The van der Waals surface area contributed by atoms with Gasteiger partial charge in [0.1, 0.15) is 0 Å². The largest absolute Gasteiger partial charge is 0.316 e. The Morgan fingerprint density at radius 1 is 1.60 bits per heavy atom. The second-order valence-electron chi connectivity index (χ2n) is 0.0833. The monoisotopic (exact) mass is 115 g/mol. The summed E-state index contributed by atoms with van der Waals surface area (Å²) in [5.41, 5.74) is 0. The molecule has 0 aliphatic carbocycles. The van der Waals surface area contributed by atoms with Crippen LogP contribution in [0.5, 0.6) is 0 Å². The molecule has 26 valence electrons. The van der Waals surface area contributed by atoms with E-state index in [1.54, 1.807) is 0 Å². The van der Waals surface area contributed by atoms with Gasteiger partial charge >= 0.3 is 60.8 Å². The van der Waals surface area contributed by atoms with Crippen LogP contribution in [-0.2, 0) is 0 Å². The molecule has 0 aromatic carbocycles. The second kappa shape index (κ2) is 18.1. The molecule has 3 nitrogen and oxygen atoms in total. The van der Waals surface area contributed by atoms with Gasteiger partial charge in [0.05, 0.1) is 0 Å². The van der Waals surface area contributed by atoms with E-state index in [2.05, 4.69) is 0 Å². The van der Waals surface area contributed by atoms with Crippen LogP contribution in [0.25, 0.3) is 0 Å². The smallest absolute Gasteiger partial charge is 0.316 e. The fraction of sp³-hybridized carbons (Fsp3) is 0. The van der Waals surface area contributed by atoms with Crippen LogP contribution in [0.3, 0.4) is 0 Å². The van der Waals surface area contributed by atoms with Crippen LogP contribution in [0, 0.1) is 10.1 Å². The first-order chi connectivity index (χ1) is 1.41. The predicted molar refractivity (Wildman–Crippen MR) is 24.8 cm³/mol. The summed E-state index contributed by atoms with van der Waals surface area (Å²) in [4.78, 5) is 8.12. The van der Waals surface area contributed by atoms with Crippen molar-refractivity contribution in [2.45, 2.75) is 0 Å². The topological polar surface area (TPSA) is 54.1 Å². The molecule has 0 bridgehead atoms. The fourth-order valence-corrected chi connectivity index (χ4v) is 0. The molecular formula is H5CaMgNO2. The first-order valence-corrected chi connectivity index (χ1v) is 0.408. The van der Waals surface area contributed by atoms with Crippen molar-refractivity contribution in [3.05, 3.63) is 10.1 Å². The van der Waals surface area contributed by atoms with Gasteiger partial charge in [0, 0.05) is 5.34 Å². The van der Waals surface area contributed by atoms with Gasteiger partial charge in [-0.15, -0.1) is 0 Å². The summed E-state index contributed by atoms with van der Waals surface area (Å²) in [6, 6.07) is 0. The van der Waals surface area contributed by atoms with Crippen molar-refractivity contribution in [2.75, 3.05) is 0 Å². The third kappa shape index (κ3) is 31.3. The Hall–Kier alpha value is 1.43. The van der Waals surface area contributed by atoms with E-state index in [9.17, 15) is 0 Å². The Morgan fingerprint density at radius 2 is 1.60 bits per heavy atom. The maximum atomic E-state index is 8.12. The van der Waals surface area contributed by atoms with Crippen molar-refractivity contribution in [3.63, 3.8) is 0 Å². The van der Waals surface area contributed by atoms with Gasteiger partial charge in [-0.1, -0.05) is 0 Å². The van der Waals surface area contributed by atoms with Crippen molar-refractivity contribution < 1.29 is 5.34 Å². The second-order valence-corrected chi connectivity index (χ2v) is 0.0833. The van der Waals surface area contributed by atoms with E-state index in [0.717, 1.165) is 0 Å². The first-order valence-electron chi connectivity index (χ1n) is 0.408. The molecule has 0 aromatic rings. The van der Waals surface area contributed by atoms with Gasteiger partial charge in [0.2, 0.25) is 0 Å². The molecule has 1 N–H and O–H groups in total. The van der Waals surface area contributed by atoms with Gasteiger partial charge < -0.3 is 0 Å². The number of nitrogens with one attached hydrogen (secondary N) is 1. The van der Waals surface area contributed by atoms with Gasteiger partial charge in [0.15, 0.2) is 0 Å². The van der Waals surface area contributed by atoms with E-state index in [-0.39, 0.29) is 66.1 Å². The molecule has 5 heteroatoms. The molecule has 0 aliphatic rings. The summed E-state index contributed by atoms with van der Waals surface area (Å²) >= 11 is 0. The quantitative estimate of drug-likeness (QED) is 0.202. The standard InChI is InChI=1S/Ca.Mg.HNO2.4H/c;;2-1-3;;;;/h;;1H;;;;. The molecule has 0 unspecified atom stereocenters. The summed E-state index contributed by atoms with van der Waals surface area (Å²) in [6.07, 6.45) is 0. The molecule has 0 heterocycles. The maximum Gasteiger partial charge on any atom is 0.316 e. The van der Waals surface area contributed by atoms with E-state index in [1.807, 2.05) is 0 Å². The Morgan fingerprint density at radius 3 is 1.60 bits per heavy atom. The molecule has 0 saturated carbocycles. The van der Waals surface area contributed by atoms with Crippen LogP contribution in [0.1, 0.15) is 0 Å². The Kier molecular flexibility index (Phi) is 58.2. The van der Waals surface area contributed by atoms with E-state index in [1.165, 1.54) is 0 Å². The fourth-order valence-electron chi connectivity index (χ4n) is 0. The van der Waals surface area contributed by atoms with E-state index >= 15 is 0 Å². The molecule has 0 amide bonds. The van der Waals surface area contributed by atoms with E-state index < -0.39 is 0 Å². The van der Waals surface area contributed by atoms with Gasteiger partial charge in [-0.2, -0.15) is 0 Å². The third-order valence-corrected chi connectivity index (χ3v) is 0. The van der Waals surface area contributed by atoms with Crippen molar-refractivity contribution in [1.29, 1.82) is 0 Å². The normalized spacial score (nSPS) is 2.40. The van der Waals surface area contributed by atoms with Crippen LogP contribution in [0.2, 0.25) is 0 Å². The summed E-state index contributed by atoms with van der Waals surface area (Å²) in [7, 11) is 0. The van der Waals surface area contributed by atoms with Crippen molar-refractivity contribution in [2.24, 2.45) is 0 Å². The van der Waals surface area contributed by atoms with Crippen molar-refractivity contribution >= 4 is 60.8 Å². The molecule has 0 atom stereocenters. The average Bonchev–Trinajstić information content (AvgIpc) is 0.918. The first kappa shape index (κ1) is 16.1. The Balaban J connectivity index is -0.0000000200. The zero-order valence-corrected chi connectivity index (χ0v) is 1.32. The Bertz CT molecular complexity index is 17.1. The minimum Gasteiger partial charge on any atom is 0.316 e. The molecule has 0 radical (unpaired) electrons. The average molecular weight is 115 g/mol. The molecule has 0 aliphatic heterocycles. The van der Waals surface area contributed by atoms with Gasteiger partial charge in [0.25, 0.3) is 0 Å². The van der Waals surface area contributed by atoms with Crippen LogP contribution < -0.4 is 5.34 Å². The number of hydrogen-bond acceptors (Lipinski definition) is 2. The molecule has 0 rings (SSSR count). The summed E-state index contributed by atoms with van der Waals surface area (Å²) in [5, 5.41) is 8.38. The maximum absolute atomic E-state index is 8.12. The van der Waals surface area contributed by atoms with Crippen molar-refractivity contribution in [1.82, 2.24) is 0 Å². The zero-order chi connectivity index (χ0) is 2.71. The van der Waals surface area contributed by atoms with Gasteiger partial charge in [-0.3, -0.25) is 10.1 Å². The Labute approximate surface area is 75.2 Å². The summed E-state index contributed by atoms with van der Waals surface area (Å²) < 4.78 is 0. The summed E-state index contributed by atoms with van der Waals surface area (Å²) in [5.74, 6) is 0. The van der Waals surface area contributed by atoms with Crippen molar-refractivity contribution in [3.8, 4) is 0 Å². The predicted octanol–water partition coefficient (Wildman–Crippen LogP) is -3.50. The molecule has 5 heavy (non-hydrogen) atoms. The van der Waals surface area contributed by atoms with Crippen LogP contribution >= 0.6 is 0 Å². The third-order valence-electron chi connectivity index (χ3n) is 0. The summed E-state index contributed by atoms with van der Waals surface area (Å²) in [6.45, 7) is 0. The zero-order valence-electron chi connectivity index (χ0n) is 1.32. The van der Waals surface area contributed by atoms with E-state index in [0.29, 0.717) is 0 Å². The number of hydrogen-bond donors (Lipinski definition) is 1. The molecule has 0 fully saturated rings. The van der Waals surface area contributed by atoms with Crippen LogP contribution in [0.15, 0.2) is 0 Å². The van der Waals surface area contributed by atoms with E-state index in [4.69, 9.17) is 10.1 Å². The van der Waals surface area contributed by atoms with Crippen LogP contribution in [-0.4, -0.2) is 60.8 Å². The van der Waals surface area contributed by atoms with Gasteiger partial charge in [-0.25, -0.2) is 0 Å². The van der Waals surface area contributed by atoms with Crippen LogP contribution in [0.4, 0.5) is 0 Å². The SMILES string of the molecule is O=[NH+][O-].[CaH2].[MgH2]. The molecule has 0 spiro atoms. The minimum atomic E-state index is 0. The molecular weight excluding hydrogens is 110 g/mol. The number of rotatable bonds is 0. The minimum absolute atomic E-state index is 0. The van der Waals surface area contributed by atoms with Gasteiger partial charge in [-0.05, 0) is 0 Å².